The normalized spacial score (nSPS) is 13.8. The van der Waals surface area contributed by atoms with Crippen molar-refractivity contribution in [2.45, 2.75) is 6.92 Å². The molecule has 1 amide bonds. The van der Waals surface area contributed by atoms with Gasteiger partial charge in [-0.3, -0.25) is 4.79 Å². The maximum absolute atomic E-state index is 13.4. The Morgan fingerprint density at radius 3 is 2.71 bits per heavy atom. The van der Waals surface area contributed by atoms with Crippen molar-refractivity contribution in [1.82, 2.24) is 9.97 Å². The number of rotatable bonds is 6. The number of carbonyl (C=O) groups excluding carboxylic acids is 1. The molecule has 1 aliphatic heterocycles. The lowest BCUT2D eigenvalue weighted by Gasteiger charge is -2.28. The number of carbonyl (C=O) groups is 1. The zero-order valence-corrected chi connectivity index (χ0v) is 18.1. The first-order valence-corrected chi connectivity index (χ1v) is 10.4. The third-order valence-corrected chi connectivity index (χ3v) is 5.14. The van der Waals surface area contributed by atoms with E-state index >= 15 is 0 Å². The third kappa shape index (κ3) is 4.39. The van der Waals surface area contributed by atoms with Crippen molar-refractivity contribution >= 4 is 34.1 Å². The van der Waals surface area contributed by atoms with E-state index in [0.717, 1.165) is 23.9 Å². The Morgan fingerprint density at radius 2 is 1.97 bits per heavy atom. The van der Waals surface area contributed by atoms with Crippen LogP contribution in [0.15, 0.2) is 42.6 Å². The van der Waals surface area contributed by atoms with Crippen molar-refractivity contribution in [3.8, 4) is 5.75 Å². The fraction of sp³-hybridized carbons (Fsp3) is 0.348. The van der Waals surface area contributed by atoms with E-state index < -0.39 is 0 Å². The molecule has 0 aliphatic carbocycles. The minimum Gasteiger partial charge on any atom is -0.493 e. The second-order valence-corrected chi connectivity index (χ2v) is 7.45. The van der Waals surface area contributed by atoms with Crippen LogP contribution in [0, 0.1) is 0 Å². The Labute approximate surface area is 181 Å². The number of morpholine rings is 1. The van der Waals surface area contributed by atoms with Gasteiger partial charge in [0.2, 0.25) is 5.95 Å². The summed E-state index contributed by atoms with van der Waals surface area (Å²) in [6.45, 7) is 5.16. The average molecular weight is 422 g/mol. The van der Waals surface area contributed by atoms with Crippen LogP contribution in [0.1, 0.15) is 17.3 Å². The first kappa shape index (κ1) is 20.9. The molecule has 1 fully saturated rings. The van der Waals surface area contributed by atoms with Crippen LogP contribution < -0.4 is 19.9 Å². The molecule has 0 radical (unpaired) electrons. The molecule has 0 atom stereocenters. The van der Waals surface area contributed by atoms with E-state index in [1.54, 1.807) is 6.20 Å². The summed E-state index contributed by atoms with van der Waals surface area (Å²) in [6, 6.07) is 11.6. The number of nitrogens with one attached hydrogen (secondary N) is 1. The zero-order valence-electron chi connectivity index (χ0n) is 18.1. The lowest BCUT2D eigenvalue weighted by atomic mass is 10.0. The quantitative estimate of drug-likeness (QED) is 0.655. The smallest absolute Gasteiger partial charge is 0.260 e. The maximum atomic E-state index is 13.4. The van der Waals surface area contributed by atoms with Crippen LogP contribution in [0.4, 0.5) is 17.5 Å². The van der Waals surface area contributed by atoms with Crippen LogP contribution in [0.3, 0.4) is 0 Å². The number of aromatic nitrogens is 2. The van der Waals surface area contributed by atoms with Gasteiger partial charge in [0.05, 0.1) is 31.6 Å². The molecule has 31 heavy (non-hydrogen) atoms. The van der Waals surface area contributed by atoms with Gasteiger partial charge in [-0.1, -0.05) is 30.3 Å². The largest absolute Gasteiger partial charge is 0.493 e. The molecule has 0 bridgehead atoms. The van der Waals surface area contributed by atoms with Crippen molar-refractivity contribution in [1.29, 1.82) is 0 Å². The number of hydrogen-bond donors (Lipinski definition) is 1. The molecule has 1 N–H and O–H groups in total. The van der Waals surface area contributed by atoms with Crippen LogP contribution in [-0.2, 0) is 4.74 Å². The van der Waals surface area contributed by atoms with E-state index in [1.165, 1.54) is 0 Å². The molecule has 162 valence electrons. The van der Waals surface area contributed by atoms with Crippen molar-refractivity contribution < 1.29 is 14.3 Å². The highest BCUT2D eigenvalue weighted by Crippen LogP contribution is 2.31. The van der Waals surface area contributed by atoms with E-state index in [4.69, 9.17) is 14.5 Å². The Hall–Kier alpha value is -3.39. The molecular formula is C23H27N5O3. The summed E-state index contributed by atoms with van der Waals surface area (Å²) < 4.78 is 11.2. The number of hydrogen-bond acceptors (Lipinski definition) is 7. The van der Waals surface area contributed by atoms with Crippen LogP contribution >= 0.6 is 0 Å². The number of amides is 1. The molecule has 2 aromatic carbocycles. The first-order valence-electron chi connectivity index (χ1n) is 10.4. The van der Waals surface area contributed by atoms with Gasteiger partial charge in [-0.2, -0.15) is 4.98 Å². The predicted molar refractivity (Wildman–Crippen MR) is 122 cm³/mol. The molecule has 0 unspecified atom stereocenters. The molecule has 0 spiro atoms. The zero-order chi connectivity index (χ0) is 21.8. The molecule has 4 rings (SSSR count). The van der Waals surface area contributed by atoms with E-state index in [2.05, 4.69) is 15.2 Å². The SMILES string of the molecule is CCOc1ccc2ccccc2c1C(=O)Nc1cnc(N2CCOCC2)nc1N(C)C. The minimum atomic E-state index is -0.258. The highest BCUT2D eigenvalue weighted by Gasteiger charge is 2.21. The van der Waals surface area contributed by atoms with Gasteiger partial charge < -0.3 is 24.6 Å². The molecule has 0 saturated carbocycles. The minimum absolute atomic E-state index is 0.258. The van der Waals surface area contributed by atoms with E-state index in [0.29, 0.717) is 48.6 Å². The van der Waals surface area contributed by atoms with Crippen molar-refractivity contribution in [3.05, 3.63) is 48.2 Å². The molecular weight excluding hydrogens is 394 g/mol. The third-order valence-electron chi connectivity index (χ3n) is 5.14. The maximum Gasteiger partial charge on any atom is 0.260 e. The van der Waals surface area contributed by atoms with Crippen LogP contribution in [0.25, 0.3) is 10.8 Å². The standard InChI is InChI=1S/C23H27N5O3/c1-4-31-19-10-9-16-7-5-6-8-17(16)20(19)22(29)25-18-15-24-23(26-21(18)27(2)3)28-11-13-30-14-12-28/h5-10,15H,4,11-14H2,1-3H3,(H,25,29). The topological polar surface area (TPSA) is 79.8 Å². The molecule has 1 aromatic heterocycles. The van der Waals surface area contributed by atoms with E-state index in [-0.39, 0.29) is 5.91 Å². The van der Waals surface area contributed by atoms with Gasteiger partial charge in [-0.05, 0) is 23.8 Å². The van der Waals surface area contributed by atoms with Gasteiger partial charge >= 0.3 is 0 Å². The van der Waals surface area contributed by atoms with Gasteiger partial charge in [0.25, 0.3) is 5.91 Å². The summed E-state index contributed by atoms with van der Waals surface area (Å²) >= 11 is 0. The fourth-order valence-corrected chi connectivity index (χ4v) is 3.65. The summed E-state index contributed by atoms with van der Waals surface area (Å²) in [5, 5.41) is 4.81. The summed E-state index contributed by atoms with van der Waals surface area (Å²) in [4.78, 5) is 26.5. The van der Waals surface area contributed by atoms with Gasteiger partial charge in [0.15, 0.2) is 5.82 Å². The number of benzene rings is 2. The lowest BCUT2D eigenvalue weighted by Crippen LogP contribution is -2.37. The molecule has 2 heterocycles. The monoisotopic (exact) mass is 421 g/mol. The van der Waals surface area contributed by atoms with Gasteiger partial charge in [0.1, 0.15) is 11.4 Å². The van der Waals surface area contributed by atoms with Gasteiger partial charge in [0, 0.05) is 27.2 Å². The van der Waals surface area contributed by atoms with E-state index in [1.807, 2.05) is 62.3 Å². The Balaban J connectivity index is 1.69. The Morgan fingerprint density at radius 1 is 1.19 bits per heavy atom. The highest BCUT2D eigenvalue weighted by atomic mass is 16.5. The number of anilines is 3. The molecule has 8 nitrogen and oxygen atoms in total. The summed E-state index contributed by atoms with van der Waals surface area (Å²) in [6.07, 6.45) is 1.66. The van der Waals surface area contributed by atoms with E-state index in [9.17, 15) is 4.79 Å². The van der Waals surface area contributed by atoms with Crippen molar-refractivity contribution in [2.75, 3.05) is 62.1 Å². The molecule has 1 saturated heterocycles. The first-order chi connectivity index (χ1) is 15.1. The van der Waals surface area contributed by atoms with Crippen molar-refractivity contribution in [2.24, 2.45) is 0 Å². The van der Waals surface area contributed by atoms with Crippen LogP contribution in [0.5, 0.6) is 5.75 Å². The lowest BCUT2D eigenvalue weighted by molar-refractivity contribution is 0.102. The number of fused-ring (bicyclic) bond motifs is 1. The second kappa shape index (κ2) is 9.18. The summed E-state index contributed by atoms with van der Waals surface area (Å²) in [7, 11) is 3.79. The average Bonchev–Trinajstić information content (AvgIpc) is 2.79. The Bertz CT molecular complexity index is 1080. The number of nitrogens with zero attached hydrogens (tertiary/aromatic N) is 4. The second-order valence-electron chi connectivity index (χ2n) is 7.45. The summed E-state index contributed by atoms with van der Waals surface area (Å²) in [5.41, 5.74) is 1.05. The van der Waals surface area contributed by atoms with Crippen molar-refractivity contribution in [3.63, 3.8) is 0 Å². The predicted octanol–water partition coefficient (Wildman–Crippen LogP) is 3.18. The molecule has 1 aliphatic rings. The van der Waals surface area contributed by atoms with Crippen LogP contribution in [-0.4, -0.2) is 62.9 Å². The summed E-state index contributed by atoms with van der Waals surface area (Å²) in [5.74, 6) is 1.57. The highest BCUT2D eigenvalue weighted by molar-refractivity contribution is 6.15. The Kier molecular flexibility index (Phi) is 6.18. The fourth-order valence-electron chi connectivity index (χ4n) is 3.65. The van der Waals surface area contributed by atoms with Gasteiger partial charge in [-0.25, -0.2) is 4.98 Å². The molecule has 3 aromatic rings. The molecule has 8 heteroatoms. The van der Waals surface area contributed by atoms with Gasteiger partial charge in [-0.15, -0.1) is 0 Å². The van der Waals surface area contributed by atoms with Crippen LogP contribution in [0.2, 0.25) is 0 Å². The number of ether oxygens (including phenoxy) is 2.